The molecule has 1 aromatic heterocycles. The van der Waals surface area contributed by atoms with Crippen LogP contribution in [0.4, 0.5) is 0 Å². The van der Waals surface area contributed by atoms with Crippen molar-refractivity contribution in [3.8, 4) is 5.75 Å². The van der Waals surface area contributed by atoms with Crippen molar-refractivity contribution >= 4 is 23.3 Å². The van der Waals surface area contributed by atoms with E-state index in [9.17, 15) is 10.2 Å². The van der Waals surface area contributed by atoms with E-state index in [0.29, 0.717) is 36.6 Å². The lowest BCUT2D eigenvalue weighted by Crippen LogP contribution is -2.78. The Balaban J connectivity index is 0.00000150. The fourth-order valence-corrected chi connectivity index (χ4v) is 7.02. The summed E-state index contributed by atoms with van der Waals surface area (Å²) in [4.78, 5) is 3.66. The van der Waals surface area contributed by atoms with Crippen molar-refractivity contribution in [1.82, 2.24) is 4.98 Å². The number of ether oxygens (including phenoxy) is 1. The molecule has 0 amide bonds. The Morgan fingerprint density at radius 2 is 2.12 bits per heavy atom. The number of fused-ring (bicyclic) bond motifs is 3. The van der Waals surface area contributed by atoms with Crippen molar-refractivity contribution in [2.75, 3.05) is 13.7 Å². The van der Waals surface area contributed by atoms with Gasteiger partial charge in [0.05, 0.1) is 31.3 Å². The zero-order valence-electron chi connectivity index (χ0n) is 15.0. The number of H-pyrrole nitrogens is 1. The first kappa shape index (κ1) is 16.9. The van der Waals surface area contributed by atoms with Crippen LogP contribution in [0.15, 0.2) is 18.2 Å². The van der Waals surface area contributed by atoms with Gasteiger partial charge in [0.1, 0.15) is 12.1 Å². The number of aromatic amines is 1. The number of nitrogens with one attached hydrogen (secondary N) is 1. The maximum absolute atomic E-state index is 11.9. The van der Waals surface area contributed by atoms with Crippen molar-refractivity contribution in [2.24, 2.45) is 17.8 Å². The van der Waals surface area contributed by atoms with Gasteiger partial charge in [-0.3, -0.25) is 0 Å². The first-order chi connectivity index (χ1) is 12.0. The van der Waals surface area contributed by atoms with Crippen LogP contribution in [0.2, 0.25) is 0 Å². The molecule has 0 aliphatic carbocycles. The smallest absolute Gasteiger partial charge is 0.163 e. The summed E-state index contributed by atoms with van der Waals surface area (Å²) in [5.74, 6) is 1.37. The lowest BCUT2D eigenvalue weighted by Gasteiger charge is -2.69. The van der Waals surface area contributed by atoms with Gasteiger partial charge in [-0.05, 0) is 24.5 Å². The van der Waals surface area contributed by atoms with Gasteiger partial charge in [0.15, 0.2) is 6.29 Å². The van der Waals surface area contributed by atoms with E-state index in [-0.39, 0.29) is 24.1 Å². The zero-order valence-corrected chi connectivity index (χ0v) is 15.8. The first-order valence-corrected chi connectivity index (χ1v) is 9.47. The number of rotatable bonds is 0. The van der Waals surface area contributed by atoms with Crippen molar-refractivity contribution in [1.29, 1.82) is 0 Å². The normalized spacial score (nSPS) is 45.3. The number of aromatic nitrogens is 1. The average Bonchev–Trinajstić information content (AvgIpc) is 2.92. The Bertz CT molecular complexity index is 899. The molecule has 2 aromatic rings. The fraction of sp³-hybridized carbons (Fsp3) is 0.600. The summed E-state index contributed by atoms with van der Waals surface area (Å²) >= 11 is 0. The van der Waals surface area contributed by atoms with E-state index in [1.807, 2.05) is 6.07 Å². The minimum Gasteiger partial charge on any atom is -0.872 e. The quantitative estimate of drug-likeness (QED) is 0.692. The molecule has 4 saturated heterocycles. The Morgan fingerprint density at radius 3 is 2.92 bits per heavy atom. The Morgan fingerprint density at radius 1 is 1.31 bits per heavy atom. The summed E-state index contributed by atoms with van der Waals surface area (Å²) in [5.41, 5.74) is 3.72. The second-order valence-corrected chi connectivity index (χ2v) is 8.84. The zero-order chi connectivity index (χ0) is 17.1. The average molecular weight is 377 g/mol. The minimum absolute atomic E-state index is 0. The molecule has 6 bridgehead atoms. The summed E-state index contributed by atoms with van der Waals surface area (Å²) in [6.07, 6.45) is 1.39. The van der Waals surface area contributed by atoms with Crippen LogP contribution >= 0.6 is 12.4 Å². The SMILES string of the molecule is CC1C2COC(O)C3C2CC2c4[nH]c5ccc([O-])cc5c4CC3[N+]21C.Cl. The summed E-state index contributed by atoms with van der Waals surface area (Å²) < 4.78 is 6.78. The maximum Gasteiger partial charge on any atom is 0.163 e. The molecular weight excluding hydrogens is 352 g/mol. The van der Waals surface area contributed by atoms with Gasteiger partial charge in [-0.2, -0.15) is 0 Å². The number of nitrogens with zero attached hydrogens (tertiary/aromatic N) is 1. The molecule has 4 fully saturated rings. The maximum atomic E-state index is 11.9. The molecule has 0 saturated carbocycles. The molecule has 0 radical (unpaired) electrons. The van der Waals surface area contributed by atoms with Gasteiger partial charge in [-0.15, -0.1) is 18.2 Å². The molecule has 6 heterocycles. The molecule has 8 unspecified atom stereocenters. The van der Waals surface area contributed by atoms with Crippen LogP contribution in [-0.4, -0.2) is 46.6 Å². The molecule has 140 valence electrons. The monoisotopic (exact) mass is 376 g/mol. The van der Waals surface area contributed by atoms with Gasteiger partial charge in [0.2, 0.25) is 0 Å². The number of likely N-dealkylation sites (N-methyl/N-ethyl adjacent to an activating group) is 1. The third-order valence-electron chi connectivity index (χ3n) is 8.31. The van der Waals surface area contributed by atoms with Crippen molar-refractivity contribution in [3.05, 3.63) is 29.5 Å². The van der Waals surface area contributed by atoms with Crippen LogP contribution in [0.5, 0.6) is 5.75 Å². The second kappa shape index (κ2) is 5.16. The highest BCUT2D eigenvalue weighted by Gasteiger charge is 2.69. The molecule has 5 aliphatic rings. The van der Waals surface area contributed by atoms with Crippen LogP contribution in [0.3, 0.4) is 0 Å². The van der Waals surface area contributed by atoms with E-state index in [1.54, 1.807) is 12.1 Å². The van der Waals surface area contributed by atoms with E-state index < -0.39 is 6.29 Å². The van der Waals surface area contributed by atoms with Gasteiger partial charge in [-0.1, -0.05) is 12.1 Å². The van der Waals surface area contributed by atoms with Crippen molar-refractivity contribution in [2.45, 2.75) is 44.2 Å². The van der Waals surface area contributed by atoms with Crippen LogP contribution < -0.4 is 5.11 Å². The van der Waals surface area contributed by atoms with Gasteiger partial charge in [0, 0.05) is 29.7 Å². The molecule has 26 heavy (non-hydrogen) atoms. The van der Waals surface area contributed by atoms with Crippen molar-refractivity contribution < 1.29 is 19.4 Å². The minimum atomic E-state index is -0.640. The molecule has 5 aliphatic heterocycles. The highest BCUT2D eigenvalue weighted by molar-refractivity contribution is 5.86. The van der Waals surface area contributed by atoms with Gasteiger partial charge in [0.25, 0.3) is 0 Å². The number of hydrogen-bond donors (Lipinski definition) is 2. The molecular formula is C20H25ClN2O3. The summed E-state index contributed by atoms with van der Waals surface area (Å²) in [7, 11) is 2.39. The van der Waals surface area contributed by atoms with E-state index in [1.165, 1.54) is 11.3 Å². The predicted octanol–water partition coefficient (Wildman–Crippen LogP) is 2.08. The van der Waals surface area contributed by atoms with E-state index in [0.717, 1.165) is 28.2 Å². The van der Waals surface area contributed by atoms with Crippen LogP contribution in [0.1, 0.15) is 30.6 Å². The van der Waals surface area contributed by atoms with Crippen LogP contribution in [0.25, 0.3) is 10.9 Å². The summed E-state index contributed by atoms with van der Waals surface area (Å²) in [6.45, 7) is 3.06. The van der Waals surface area contributed by atoms with Gasteiger partial charge >= 0.3 is 0 Å². The van der Waals surface area contributed by atoms with Gasteiger partial charge < -0.3 is 24.4 Å². The molecule has 8 atom stereocenters. The summed E-state index contributed by atoms with van der Waals surface area (Å²) in [5, 5.41) is 23.6. The third-order valence-corrected chi connectivity index (χ3v) is 8.31. The van der Waals surface area contributed by atoms with Crippen LogP contribution in [0, 0.1) is 17.8 Å². The number of hydrogen-bond acceptors (Lipinski definition) is 3. The Kier molecular flexibility index (Phi) is 3.35. The molecule has 7 rings (SSSR count). The Labute approximate surface area is 159 Å². The summed E-state index contributed by atoms with van der Waals surface area (Å²) in [6, 6.07) is 6.69. The molecule has 0 spiro atoms. The molecule has 2 N–H and O–H groups in total. The highest BCUT2D eigenvalue weighted by atomic mass is 35.5. The largest absolute Gasteiger partial charge is 0.872 e. The first-order valence-electron chi connectivity index (χ1n) is 9.47. The number of aliphatic hydroxyl groups is 1. The topological polar surface area (TPSA) is 68.3 Å². The predicted molar refractivity (Wildman–Crippen MR) is 97.9 cm³/mol. The molecule has 6 heteroatoms. The molecule has 1 aromatic carbocycles. The number of quaternary nitrogens is 1. The lowest BCUT2D eigenvalue weighted by atomic mass is 9.56. The van der Waals surface area contributed by atoms with E-state index in [4.69, 9.17) is 4.74 Å². The van der Waals surface area contributed by atoms with E-state index >= 15 is 0 Å². The number of aliphatic hydroxyl groups excluding tert-OH is 1. The van der Waals surface area contributed by atoms with E-state index in [2.05, 4.69) is 19.0 Å². The number of piperidine rings is 3. The third kappa shape index (κ3) is 1.73. The number of halogens is 1. The highest BCUT2D eigenvalue weighted by Crippen LogP contribution is 2.62. The van der Waals surface area contributed by atoms with Gasteiger partial charge in [-0.25, -0.2) is 0 Å². The second-order valence-electron chi connectivity index (χ2n) is 8.84. The Hall–Kier alpha value is -1.27. The van der Waals surface area contributed by atoms with Crippen LogP contribution in [-0.2, 0) is 11.2 Å². The lowest BCUT2D eigenvalue weighted by molar-refractivity contribution is -1.01. The molecule has 5 nitrogen and oxygen atoms in total. The fourth-order valence-electron chi connectivity index (χ4n) is 7.02. The standard InChI is InChI=1S/C20H24N2O3.ClH/c1-9-14-8-25-20(24)18-12(14)6-17-19-13(7-16(18)22(9,17)2)11-5-10(23)3-4-15(11)21-19;/h3-5,9,12,14,16-18,20-21,24H,6-8H2,1-2H3;1H. The van der Waals surface area contributed by atoms with Crippen molar-refractivity contribution in [3.63, 3.8) is 0 Å². The number of benzene rings is 1.